The first-order valence-electron chi connectivity index (χ1n) is 6.47. The Kier molecular flexibility index (Phi) is 6.47. The number of amidine groups is 1. The summed E-state index contributed by atoms with van der Waals surface area (Å²) in [6.45, 7) is 2.15. The van der Waals surface area contributed by atoms with E-state index < -0.39 is 10.0 Å². The van der Waals surface area contributed by atoms with Gasteiger partial charge < -0.3 is 10.9 Å². The largest absolute Gasteiger partial charge is 0.409 e. The van der Waals surface area contributed by atoms with Crippen LogP contribution in [-0.2, 0) is 16.4 Å². The third-order valence-corrected chi connectivity index (χ3v) is 4.64. The van der Waals surface area contributed by atoms with Crippen molar-refractivity contribution in [2.24, 2.45) is 10.9 Å². The molecule has 3 N–H and O–H groups in total. The summed E-state index contributed by atoms with van der Waals surface area (Å²) in [6, 6.07) is 9.43. The molecule has 20 heavy (non-hydrogen) atoms. The molecule has 0 saturated carbocycles. The smallest absolute Gasteiger partial charge is 0.214 e. The third-order valence-electron chi connectivity index (χ3n) is 2.82. The van der Waals surface area contributed by atoms with Gasteiger partial charge in [0.15, 0.2) is 5.84 Å². The highest BCUT2D eigenvalue weighted by molar-refractivity contribution is 7.89. The van der Waals surface area contributed by atoms with Gasteiger partial charge in [-0.15, -0.1) is 0 Å². The minimum absolute atomic E-state index is 0.00964. The van der Waals surface area contributed by atoms with Crippen LogP contribution in [0.4, 0.5) is 0 Å². The number of sulfonamides is 1. The maximum absolute atomic E-state index is 12.3. The molecule has 0 amide bonds. The number of oxime groups is 1. The second kappa shape index (κ2) is 7.86. The molecule has 6 nitrogen and oxygen atoms in total. The fraction of sp³-hybridized carbons (Fsp3) is 0.462. The van der Waals surface area contributed by atoms with Crippen molar-refractivity contribution in [3.8, 4) is 0 Å². The summed E-state index contributed by atoms with van der Waals surface area (Å²) in [5, 5.41) is 11.4. The molecule has 7 heteroatoms. The van der Waals surface area contributed by atoms with E-state index in [4.69, 9.17) is 10.9 Å². The number of rotatable bonds is 8. The van der Waals surface area contributed by atoms with Crippen molar-refractivity contribution < 1.29 is 13.6 Å². The van der Waals surface area contributed by atoms with E-state index in [1.807, 2.05) is 37.3 Å². The SMILES string of the molecule is CCCN(C/C(N)=N/O)S(=O)(=O)CCc1ccccc1. The van der Waals surface area contributed by atoms with Crippen molar-refractivity contribution in [1.29, 1.82) is 0 Å². The van der Waals surface area contributed by atoms with Crippen LogP contribution in [0, 0.1) is 0 Å². The summed E-state index contributed by atoms with van der Waals surface area (Å²) in [5.41, 5.74) is 6.37. The van der Waals surface area contributed by atoms with Gasteiger partial charge in [-0.25, -0.2) is 8.42 Å². The lowest BCUT2D eigenvalue weighted by molar-refractivity contribution is 0.314. The molecule has 0 fully saturated rings. The molecule has 0 aromatic heterocycles. The Morgan fingerprint density at radius 2 is 2.00 bits per heavy atom. The van der Waals surface area contributed by atoms with E-state index in [9.17, 15) is 8.42 Å². The number of nitrogens with zero attached hydrogens (tertiary/aromatic N) is 2. The van der Waals surface area contributed by atoms with Crippen LogP contribution in [0.1, 0.15) is 18.9 Å². The molecular formula is C13H21N3O3S. The molecule has 0 radical (unpaired) electrons. The Morgan fingerprint density at radius 3 is 2.55 bits per heavy atom. The Bertz CT molecular complexity index is 529. The molecule has 0 aliphatic carbocycles. The quantitative estimate of drug-likeness (QED) is 0.324. The second-order valence-electron chi connectivity index (χ2n) is 4.48. The zero-order valence-electron chi connectivity index (χ0n) is 11.6. The molecule has 1 rings (SSSR count). The topological polar surface area (TPSA) is 96.0 Å². The molecule has 0 saturated heterocycles. The van der Waals surface area contributed by atoms with Gasteiger partial charge in [-0.3, -0.25) is 0 Å². The molecule has 0 unspecified atom stereocenters. The monoisotopic (exact) mass is 299 g/mol. The molecule has 0 heterocycles. The second-order valence-corrected chi connectivity index (χ2v) is 6.56. The number of aryl methyl sites for hydroxylation is 1. The van der Waals surface area contributed by atoms with Crippen molar-refractivity contribution in [3.63, 3.8) is 0 Å². The number of hydrogen-bond donors (Lipinski definition) is 2. The van der Waals surface area contributed by atoms with E-state index in [1.165, 1.54) is 4.31 Å². The average molecular weight is 299 g/mol. The molecule has 0 aliphatic heterocycles. The van der Waals surface area contributed by atoms with Crippen molar-refractivity contribution in [2.75, 3.05) is 18.8 Å². The lowest BCUT2D eigenvalue weighted by Crippen LogP contribution is -2.40. The van der Waals surface area contributed by atoms with E-state index in [0.717, 1.165) is 5.56 Å². The zero-order chi connectivity index (χ0) is 15.0. The summed E-state index contributed by atoms with van der Waals surface area (Å²) in [6.07, 6.45) is 1.11. The maximum atomic E-state index is 12.3. The van der Waals surface area contributed by atoms with Crippen LogP contribution in [-0.4, -0.2) is 42.6 Å². The molecule has 0 spiro atoms. The van der Waals surface area contributed by atoms with Crippen LogP contribution in [0.2, 0.25) is 0 Å². The van der Waals surface area contributed by atoms with Gasteiger partial charge in [0.2, 0.25) is 10.0 Å². The molecular weight excluding hydrogens is 278 g/mol. The summed E-state index contributed by atoms with van der Waals surface area (Å²) >= 11 is 0. The molecule has 1 aromatic rings. The number of benzene rings is 1. The minimum Gasteiger partial charge on any atom is -0.409 e. The molecule has 0 aliphatic rings. The predicted molar refractivity (Wildman–Crippen MR) is 79.2 cm³/mol. The third kappa shape index (κ3) is 5.18. The highest BCUT2D eigenvalue weighted by Crippen LogP contribution is 2.07. The Balaban J connectivity index is 2.72. The van der Waals surface area contributed by atoms with E-state index in [-0.39, 0.29) is 18.1 Å². The van der Waals surface area contributed by atoms with E-state index in [0.29, 0.717) is 19.4 Å². The molecule has 0 atom stereocenters. The lowest BCUT2D eigenvalue weighted by Gasteiger charge is -2.20. The van der Waals surface area contributed by atoms with Crippen LogP contribution in [0.5, 0.6) is 0 Å². The fourth-order valence-electron chi connectivity index (χ4n) is 1.80. The normalized spacial score (nSPS) is 12.8. The Hall–Kier alpha value is -1.60. The Labute approximate surface area is 119 Å². The zero-order valence-corrected chi connectivity index (χ0v) is 12.4. The van der Waals surface area contributed by atoms with Crippen LogP contribution in [0.25, 0.3) is 0 Å². The van der Waals surface area contributed by atoms with Crippen molar-refractivity contribution >= 4 is 15.9 Å². The van der Waals surface area contributed by atoms with E-state index >= 15 is 0 Å². The van der Waals surface area contributed by atoms with Gasteiger partial charge >= 0.3 is 0 Å². The summed E-state index contributed by atoms with van der Waals surface area (Å²) < 4.78 is 25.8. The lowest BCUT2D eigenvalue weighted by atomic mass is 10.2. The summed E-state index contributed by atoms with van der Waals surface area (Å²) in [5.74, 6) is -0.0999. The summed E-state index contributed by atoms with van der Waals surface area (Å²) in [4.78, 5) is 0. The standard InChI is InChI=1S/C13H21N3O3S/c1-2-9-16(11-13(14)15-17)20(18,19)10-8-12-6-4-3-5-7-12/h3-7,17H,2,8-11H2,1H3,(H2,14,15). The molecule has 0 bridgehead atoms. The van der Waals surface area contributed by atoms with Crippen molar-refractivity contribution in [2.45, 2.75) is 19.8 Å². The highest BCUT2D eigenvalue weighted by atomic mass is 32.2. The van der Waals surface area contributed by atoms with Gasteiger partial charge in [0, 0.05) is 6.54 Å². The first-order chi connectivity index (χ1) is 9.49. The fourth-order valence-corrected chi connectivity index (χ4v) is 3.34. The highest BCUT2D eigenvalue weighted by Gasteiger charge is 2.22. The molecule has 1 aromatic carbocycles. The van der Waals surface area contributed by atoms with E-state index in [1.54, 1.807) is 0 Å². The number of nitrogens with two attached hydrogens (primary N) is 1. The van der Waals surface area contributed by atoms with Crippen LogP contribution in [0.3, 0.4) is 0 Å². The van der Waals surface area contributed by atoms with Crippen LogP contribution in [0.15, 0.2) is 35.5 Å². The first kappa shape index (κ1) is 16.5. The van der Waals surface area contributed by atoms with Gasteiger partial charge in [0.1, 0.15) is 0 Å². The minimum atomic E-state index is -3.43. The van der Waals surface area contributed by atoms with Crippen LogP contribution < -0.4 is 5.73 Å². The maximum Gasteiger partial charge on any atom is 0.214 e. The average Bonchev–Trinajstić information content (AvgIpc) is 2.45. The van der Waals surface area contributed by atoms with Gasteiger partial charge in [-0.05, 0) is 18.4 Å². The first-order valence-corrected chi connectivity index (χ1v) is 8.08. The van der Waals surface area contributed by atoms with Crippen molar-refractivity contribution in [1.82, 2.24) is 4.31 Å². The molecule has 112 valence electrons. The van der Waals surface area contributed by atoms with Gasteiger partial charge in [-0.1, -0.05) is 42.4 Å². The van der Waals surface area contributed by atoms with Gasteiger partial charge in [0.25, 0.3) is 0 Å². The van der Waals surface area contributed by atoms with Crippen LogP contribution >= 0.6 is 0 Å². The summed E-state index contributed by atoms with van der Waals surface area (Å²) in [7, 11) is -3.43. The van der Waals surface area contributed by atoms with Gasteiger partial charge in [-0.2, -0.15) is 4.31 Å². The van der Waals surface area contributed by atoms with Crippen molar-refractivity contribution in [3.05, 3.63) is 35.9 Å². The predicted octanol–water partition coefficient (Wildman–Crippen LogP) is 1.02. The van der Waals surface area contributed by atoms with E-state index in [2.05, 4.69) is 5.16 Å². The number of hydrogen-bond acceptors (Lipinski definition) is 4. The Morgan fingerprint density at radius 1 is 1.35 bits per heavy atom. The van der Waals surface area contributed by atoms with Gasteiger partial charge in [0.05, 0.1) is 12.3 Å².